The van der Waals surface area contributed by atoms with Crippen molar-refractivity contribution in [1.82, 2.24) is 0 Å². The van der Waals surface area contributed by atoms with Crippen LogP contribution in [0.4, 0.5) is 13.2 Å². The molecule has 0 saturated carbocycles. The fourth-order valence-electron chi connectivity index (χ4n) is 1.14. The van der Waals surface area contributed by atoms with E-state index in [0.29, 0.717) is 25.7 Å². The third kappa shape index (κ3) is 13.9. The summed E-state index contributed by atoms with van der Waals surface area (Å²) in [4.78, 5) is 16.6. The van der Waals surface area contributed by atoms with Crippen molar-refractivity contribution in [3.63, 3.8) is 0 Å². The van der Waals surface area contributed by atoms with Gasteiger partial charge in [-0.3, -0.25) is 4.52 Å². The Labute approximate surface area is 92.0 Å². The molecule has 0 spiro atoms. The summed E-state index contributed by atoms with van der Waals surface area (Å²) < 4.78 is 49.5. The summed E-state index contributed by atoms with van der Waals surface area (Å²) in [6.45, 7) is -0.0659. The number of rotatable bonds is 8. The Morgan fingerprint density at radius 1 is 1.00 bits per heavy atom. The lowest BCUT2D eigenvalue weighted by molar-refractivity contribution is -0.135. The monoisotopic (exact) mass is 264 g/mol. The maximum absolute atomic E-state index is 11.7. The van der Waals surface area contributed by atoms with Crippen LogP contribution < -0.4 is 0 Å². The molecule has 0 aromatic rings. The second-order valence-corrected chi connectivity index (χ2v) is 4.70. The standard InChI is InChI=1S/C8H16F3O4P/c9-8(10,11)6-4-2-1-3-5-7-15-16(12,13)14/h1-7H2,(H2,12,13,14). The van der Waals surface area contributed by atoms with Gasteiger partial charge in [-0.2, -0.15) is 13.2 Å². The molecular weight excluding hydrogens is 248 g/mol. The minimum atomic E-state index is -4.40. The van der Waals surface area contributed by atoms with Crippen molar-refractivity contribution in [2.45, 2.75) is 44.7 Å². The molecule has 0 amide bonds. The molecule has 0 saturated heterocycles. The molecule has 0 radical (unpaired) electrons. The van der Waals surface area contributed by atoms with Crippen LogP contribution in [-0.4, -0.2) is 22.6 Å². The van der Waals surface area contributed by atoms with Gasteiger partial charge >= 0.3 is 14.0 Å². The highest BCUT2D eigenvalue weighted by molar-refractivity contribution is 7.46. The van der Waals surface area contributed by atoms with Crippen LogP contribution in [0.2, 0.25) is 0 Å². The number of phosphoric acid groups is 1. The van der Waals surface area contributed by atoms with Crippen LogP contribution in [0.1, 0.15) is 38.5 Å². The van der Waals surface area contributed by atoms with Crippen molar-refractivity contribution >= 4 is 7.82 Å². The summed E-state index contributed by atoms with van der Waals surface area (Å²) in [5.74, 6) is 0. The van der Waals surface area contributed by atoms with E-state index in [4.69, 9.17) is 9.79 Å². The van der Waals surface area contributed by atoms with E-state index in [-0.39, 0.29) is 13.0 Å². The van der Waals surface area contributed by atoms with Gasteiger partial charge in [0.05, 0.1) is 6.61 Å². The van der Waals surface area contributed by atoms with Gasteiger partial charge in [-0.15, -0.1) is 0 Å². The first-order valence-electron chi connectivity index (χ1n) is 4.97. The normalized spacial score (nSPS) is 13.1. The molecule has 0 aliphatic heterocycles. The molecule has 4 nitrogen and oxygen atoms in total. The van der Waals surface area contributed by atoms with Gasteiger partial charge in [-0.1, -0.05) is 19.3 Å². The zero-order chi connectivity index (χ0) is 12.7. The van der Waals surface area contributed by atoms with Crippen LogP contribution in [0, 0.1) is 0 Å². The van der Waals surface area contributed by atoms with Gasteiger partial charge in [-0.05, 0) is 12.8 Å². The Morgan fingerprint density at radius 2 is 1.50 bits per heavy atom. The molecule has 0 atom stereocenters. The molecule has 0 aromatic heterocycles. The van der Waals surface area contributed by atoms with Crippen molar-refractivity contribution in [2.75, 3.05) is 6.61 Å². The first kappa shape index (κ1) is 15.9. The molecule has 0 aliphatic rings. The van der Waals surface area contributed by atoms with E-state index in [1.54, 1.807) is 0 Å². The van der Waals surface area contributed by atoms with Crippen LogP contribution in [0.15, 0.2) is 0 Å². The second-order valence-electron chi connectivity index (χ2n) is 3.46. The second kappa shape index (κ2) is 7.27. The number of hydrogen-bond donors (Lipinski definition) is 2. The summed E-state index contributed by atoms with van der Waals surface area (Å²) in [5.41, 5.74) is 0. The fraction of sp³-hybridized carbons (Fsp3) is 1.00. The molecule has 0 fully saturated rings. The average Bonchev–Trinajstić information content (AvgIpc) is 2.06. The zero-order valence-corrected chi connectivity index (χ0v) is 9.64. The van der Waals surface area contributed by atoms with Crippen molar-refractivity contribution in [1.29, 1.82) is 0 Å². The quantitative estimate of drug-likeness (QED) is 0.522. The average molecular weight is 264 g/mol. The molecule has 16 heavy (non-hydrogen) atoms. The molecule has 98 valence electrons. The first-order chi connectivity index (χ1) is 7.21. The lowest BCUT2D eigenvalue weighted by Crippen LogP contribution is -2.06. The lowest BCUT2D eigenvalue weighted by atomic mass is 10.1. The predicted octanol–water partition coefficient (Wildman–Crippen LogP) is 3.00. The van der Waals surface area contributed by atoms with Crippen LogP contribution in [0.3, 0.4) is 0 Å². The molecule has 0 aliphatic carbocycles. The van der Waals surface area contributed by atoms with E-state index in [1.807, 2.05) is 0 Å². The van der Waals surface area contributed by atoms with Gasteiger partial charge in [0.15, 0.2) is 0 Å². The SMILES string of the molecule is O=P(O)(O)OCCCCCCCC(F)(F)F. The third-order valence-electron chi connectivity index (χ3n) is 1.86. The number of halogens is 3. The number of unbranched alkanes of at least 4 members (excludes halogenated alkanes) is 4. The topological polar surface area (TPSA) is 66.8 Å². The largest absolute Gasteiger partial charge is 0.469 e. The number of phosphoric ester groups is 1. The number of alkyl halides is 3. The van der Waals surface area contributed by atoms with Gasteiger partial charge in [0.2, 0.25) is 0 Å². The Bertz CT molecular complexity index is 226. The van der Waals surface area contributed by atoms with Gasteiger partial charge in [0, 0.05) is 6.42 Å². The van der Waals surface area contributed by atoms with Crippen molar-refractivity contribution in [3.05, 3.63) is 0 Å². The molecular formula is C8H16F3O4P. The minimum absolute atomic E-state index is 0.0659. The van der Waals surface area contributed by atoms with Crippen LogP contribution in [-0.2, 0) is 9.09 Å². The Morgan fingerprint density at radius 3 is 2.00 bits per heavy atom. The van der Waals surface area contributed by atoms with E-state index >= 15 is 0 Å². The summed E-state index contributed by atoms with van der Waals surface area (Å²) in [6.07, 6.45) is -2.64. The predicted molar refractivity (Wildman–Crippen MR) is 51.8 cm³/mol. The highest BCUT2D eigenvalue weighted by Gasteiger charge is 2.25. The van der Waals surface area contributed by atoms with Crippen molar-refractivity contribution < 1.29 is 32.0 Å². The van der Waals surface area contributed by atoms with Crippen molar-refractivity contribution in [2.24, 2.45) is 0 Å². The highest BCUT2D eigenvalue weighted by Crippen LogP contribution is 2.35. The van der Waals surface area contributed by atoms with E-state index in [9.17, 15) is 17.7 Å². The van der Waals surface area contributed by atoms with Crippen LogP contribution >= 0.6 is 7.82 Å². The Hall–Kier alpha value is -0.100. The van der Waals surface area contributed by atoms with Gasteiger partial charge in [0.25, 0.3) is 0 Å². The summed E-state index contributed by atoms with van der Waals surface area (Å²) in [5, 5.41) is 0. The van der Waals surface area contributed by atoms with E-state index in [0.717, 1.165) is 0 Å². The Kier molecular flexibility index (Phi) is 7.22. The zero-order valence-electron chi connectivity index (χ0n) is 8.74. The first-order valence-corrected chi connectivity index (χ1v) is 6.50. The van der Waals surface area contributed by atoms with Crippen LogP contribution in [0.25, 0.3) is 0 Å². The fourth-order valence-corrected chi connectivity index (χ4v) is 1.51. The third-order valence-corrected chi connectivity index (χ3v) is 2.38. The van der Waals surface area contributed by atoms with E-state index in [2.05, 4.69) is 4.52 Å². The lowest BCUT2D eigenvalue weighted by Gasteiger charge is -2.06. The van der Waals surface area contributed by atoms with E-state index < -0.39 is 20.4 Å². The van der Waals surface area contributed by atoms with Crippen molar-refractivity contribution in [3.8, 4) is 0 Å². The minimum Gasteiger partial charge on any atom is -0.303 e. The van der Waals surface area contributed by atoms with Crippen LogP contribution in [0.5, 0.6) is 0 Å². The summed E-state index contributed by atoms with van der Waals surface area (Å²) >= 11 is 0. The molecule has 0 rings (SSSR count). The Balaban J connectivity index is 3.20. The van der Waals surface area contributed by atoms with E-state index in [1.165, 1.54) is 0 Å². The summed E-state index contributed by atoms with van der Waals surface area (Å²) in [6, 6.07) is 0. The smallest absolute Gasteiger partial charge is 0.303 e. The maximum atomic E-state index is 11.7. The maximum Gasteiger partial charge on any atom is 0.469 e. The molecule has 0 bridgehead atoms. The molecule has 8 heteroatoms. The van der Waals surface area contributed by atoms with Gasteiger partial charge in [-0.25, -0.2) is 4.57 Å². The molecule has 0 heterocycles. The van der Waals surface area contributed by atoms with Gasteiger partial charge in [0.1, 0.15) is 0 Å². The van der Waals surface area contributed by atoms with Gasteiger partial charge < -0.3 is 9.79 Å². The molecule has 0 aromatic carbocycles. The molecule has 0 unspecified atom stereocenters. The number of hydrogen-bond acceptors (Lipinski definition) is 2. The summed E-state index contributed by atoms with van der Waals surface area (Å²) in [7, 11) is -4.40. The highest BCUT2D eigenvalue weighted by atomic mass is 31.2. The molecule has 2 N–H and O–H groups in total.